The Balaban J connectivity index is 1.92. The van der Waals surface area contributed by atoms with Crippen LogP contribution in [0, 0.1) is 0 Å². The van der Waals surface area contributed by atoms with Gasteiger partial charge in [0.25, 0.3) is 0 Å². The Kier molecular flexibility index (Phi) is 5.30. The molecule has 0 radical (unpaired) electrons. The summed E-state index contributed by atoms with van der Waals surface area (Å²) in [6.45, 7) is 4.31. The molecular formula is C23H23NO. The molecule has 0 aliphatic carbocycles. The number of para-hydroxylation sites is 1. The maximum absolute atomic E-state index is 13.2. The lowest BCUT2D eigenvalue weighted by atomic mass is 9.94. The normalized spacial score (nSPS) is 12.0. The molecule has 0 unspecified atom stereocenters. The van der Waals surface area contributed by atoms with Gasteiger partial charge in [-0.25, -0.2) is 0 Å². The maximum Gasteiger partial charge on any atom is 0.189 e. The summed E-state index contributed by atoms with van der Waals surface area (Å²) in [4.78, 5) is 13.2. The molecule has 3 rings (SSSR count). The smallest absolute Gasteiger partial charge is 0.189 e. The van der Waals surface area contributed by atoms with Crippen molar-refractivity contribution in [3.05, 3.63) is 102 Å². The third kappa shape index (κ3) is 4.16. The molecule has 0 amide bonds. The summed E-state index contributed by atoms with van der Waals surface area (Å²) >= 11 is 0. The second kappa shape index (κ2) is 7.80. The zero-order chi connectivity index (χ0) is 17.6. The van der Waals surface area contributed by atoms with Gasteiger partial charge in [-0.05, 0) is 29.2 Å². The molecule has 0 fully saturated rings. The number of Topliss-reactive ketones (excluding diaryl/α,β-unsaturated/α-hetero) is 1. The van der Waals surface area contributed by atoms with Crippen molar-refractivity contribution in [2.45, 2.75) is 25.8 Å². The lowest BCUT2D eigenvalue weighted by Gasteiger charge is -2.20. The molecular weight excluding hydrogens is 306 g/mol. The lowest BCUT2D eigenvalue weighted by Crippen LogP contribution is -2.21. The predicted molar refractivity (Wildman–Crippen MR) is 104 cm³/mol. The van der Waals surface area contributed by atoms with Gasteiger partial charge in [0.15, 0.2) is 5.78 Å². The summed E-state index contributed by atoms with van der Waals surface area (Å²) in [7, 11) is 0. The molecule has 1 N–H and O–H groups in total. The molecule has 3 aromatic carbocycles. The molecule has 0 bridgehead atoms. The minimum absolute atomic E-state index is 0.0744. The molecule has 0 aliphatic heterocycles. The fourth-order valence-corrected chi connectivity index (χ4v) is 2.85. The molecule has 0 saturated heterocycles. The van der Waals surface area contributed by atoms with Gasteiger partial charge in [-0.15, -0.1) is 0 Å². The van der Waals surface area contributed by atoms with Crippen LogP contribution >= 0.6 is 0 Å². The topological polar surface area (TPSA) is 29.1 Å². The van der Waals surface area contributed by atoms with Crippen molar-refractivity contribution in [1.82, 2.24) is 0 Å². The highest BCUT2D eigenvalue weighted by Crippen LogP contribution is 2.24. The van der Waals surface area contributed by atoms with Crippen molar-refractivity contribution in [3.63, 3.8) is 0 Å². The minimum Gasteiger partial charge on any atom is -0.371 e. The van der Waals surface area contributed by atoms with Crippen LogP contribution < -0.4 is 5.32 Å². The van der Waals surface area contributed by atoms with Crippen molar-refractivity contribution < 1.29 is 4.79 Å². The highest BCUT2D eigenvalue weighted by atomic mass is 16.1. The Morgan fingerprint density at radius 3 is 1.84 bits per heavy atom. The van der Waals surface area contributed by atoms with E-state index in [1.807, 2.05) is 84.9 Å². The zero-order valence-corrected chi connectivity index (χ0v) is 14.6. The molecule has 0 saturated carbocycles. The predicted octanol–water partition coefficient (Wildman–Crippen LogP) is 5.85. The van der Waals surface area contributed by atoms with Crippen LogP contribution in [-0.4, -0.2) is 5.78 Å². The Hall–Kier alpha value is -2.87. The highest BCUT2D eigenvalue weighted by molar-refractivity contribution is 6.02. The van der Waals surface area contributed by atoms with E-state index in [0.717, 1.165) is 16.8 Å². The summed E-state index contributed by atoms with van der Waals surface area (Å²) in [6.07, 6.45) is 0. The molecule has 0 heterocycles. The first-order valence-corrected chi connectivity index (χ1v) is 8.66. The van der Waals surface area contributed by atoms with E-state index < -0.39 is 6.04 Å². The summed E-state index contributed by atoms with van der Waals surface area (Å²) in [5.41, 5.74) is 3.86. The number of carbonyl (C=O) groups is 1. The molecule has 25 heavy (non-hydrogen) atoms. The molecule has 0 aromatic heterocycles. The third-order valence-corrected chi connectivity index (χ3v) is 4.34. The summed E-state index contributed by atoms with van der Waals surface area (Å²) < 4.78 is 0. The second-order valence-corrected chi connectivity index (χ2v) is 6.50. The fourth-order valence-electron chi connectivity index (χ4n) is 2.85. The van der Waals surface area contributed by atoms with Crippen molar-refractivity contribution in [1.29, 1.82) is 0 Å². The number of rotatable bonds is 6. The molecule has 2 nitrogen and oxygen atoms in total. The van der Waals surface area contributed by atoms with Gasteiger partial charge in [0.2, 0.25) is 0 Å². The molecule has 126 valence electrons. The van der Waals surface area contributed by atoms with Gasteiger partial charge in [-0.3, -0.25) is 4.79 Å². The first-order valence-electron chi connectivity index (χ1n) is 8.66. The summed E-state index contributed by atoms with van der Waals surface area (Å²) in [5, 5.41) is 3.38. The number of nitrogens with one attached hydrogen (secondary N) is 1. The lowest BCUT2D eigenvalue weighted by molar-refractivity contribution is 0.0969. The van der Waals surface area contributed by atoms with Gasteiger partial charge in [0.1, 0.15) is 6.04 Å². The number of carbonyl (C=O) groups excluding carboxylic acids is 1. The molecule has 3 aromatic rings. The van der Waals surface area contributed by atoms with Crippen LogP contribution in [0.15, 0.2) is 84.9 Å². The van der Waals surface area contributed by atoms with Crippen LogP contribution in [0.3, 0.4) is 0 Å². The quantitative estimate of drug-likeness (QED) is 0.575. The number of benzene rings is 3. The van der Waals surface area contributed by atoms with E-state index in [4.69, 9.17) is 0 Å². The van der Waals surface area contributed by atoms with Gasteiger partial charge in [0.05, 0.1) is 0 Å². The number of hydrogen-bond donors (Lipinski definition) is 1. The molecule has 0 aliphatic rings. The Bertz CT molecular complexity index is 808. The van der Waals surface area contributed by atoms with Crippen LogP contribution in [0.5, 0.6) is 0 Å². The first-order chi connectivity index (χ1) is 12.1. The van der Waals surface area contributed by atoms with E-state index in [0.29, 0.717) is 5.92 Å². The van der Waals surface area contributed by atoms with E-state index in [9.17, 15) is 4.79 Å². The zero-order valence-electron chi connectivity index (χ0n) is 14.6. The Labute approximate surface area is 149 Å². The maximum atomic E-state index is 13.2. The van der Waals surface area contributed by atoms with E-state index in [1.54, 1.807) is 0 Å². The van der Waals surface area contributed by atoms with Gasteiger partial charge in [-0.1, -0.05) is 86.6 Å². The number of hydrogen-bond acceptors (Lipinski definition) is 2. The summed E-state index contributed by atoms with van der Waals surface area (Å²) in [6, 6.07) is 27.3. The van der Waals surface area contributed by atoms with Crippen LogP contribution in [0.25, 0.3) is 0 Å². The number of anilines is 1. The van der Waals surface area contributed by atoms with Crippen molar-refractivity contribution >= 4 is 11.5 Å². The first kappa shape index (κ1) is 17.0. The monoisotopic (exact) mass is 329 g/mol. The Morgan fingerprint density at radius 1 is 0.720 bits per heavy atom. The standard InChI is InChI=1S/C23H23NO/c1-17(2)18-13-15-20(16-14-18)23(25)22(19-9-5-3-6-10-19)24-21-11-7-4-8-12-21/h3-17,22,24H,1-2H3/t22-/m1/s1. The van der Waals surface area contributed by atoms with Crippen LogP contribution in [0.4, 0.5) is 5.69 Å². The average Bonchev–Trinajstić information content (AvgIpc) is 2.67. The van der Waals surface area contributed by atoms with Crippen molar-refractivity contribution in [2.24, 2.45) is 0 Å². The van der Waals surface area contributed by atoms with Crippen LogP contribution in [-0.2, 0) is 0 Å². The van der Waals surface area contributed by atoms with Crippen molar-refractivity contribution in [3.8, 4) is 0 Å². The fraction of sp³-hybridized carbons (Fsp3) is 0.174. The van der Waals surface area contributed by atoms with Gasteiger partial charge in [-0.2, -0.15) is 0 Å². The van der Waals surface area contributed by atoms with E-state index in [2.05, 4.69) is 19.2 Å². The highest BCUT2D eigenvalue weighted by Gasteiger charge is 2.22. The van der Waals surface area contributed by atoms with E-state index >= 15 is 0 Å². The SMILES string of the molecule is CC(C)c1ccc(C(=O)[C@H](Nc2ccccc2)c2ccccc2)cc1. The summed E-state index contributed by atoms with van der Waals surface area (Å²) in [5.74, 6) is 0.530. The molecule has 1 atom stereocenters. The third-order valence-electron chi connectivity index (χ3n) is 4.34. The number of ketones is 1. The van der Waals surface area contributed by atoms with Gasteiger partial charge < -0.3 is 5.32 Å². The van der Waals surface area contributed by atoms with E-state index in [1.165, 1.54) is 5.56 Å². The van der Waals surface area contributed by atoms with Crippen LogP contribution in [0.2, 0.25) is 0 Å². The van der Waals surface area contributed by atoms with E-state index in [-0.39, 0.29) is 5.78 Å². The van der Waals surface area contributed by atoms with Gasteiger partial charge >= 0.3 is 0 Å². The minimum atomic E-state index is -0.409. The Morgan fingerprint density at radius 2 is 1.28 bits per heavy atom. The van der Waals surface area contributed by atoms with Crippen molar-refractivity contribution in [2.75, 3.05) is 5.32 Å². The molecule has 0 spiro atoms. The van der Waals surface area contributed by atoms with Crippen LogP contribution in [0.1, 0.15) is 47.3 Å². The molecule has 2 heteroatoms. The second-order valence-electron chi connectivity index (χ2n) is 6.50. The largest absolute Gasteiger partial charge is 0.371 e. The van der Waals surface area contributed by atoms with Gasteiger partial charge in [0, 0.05) is 11.3 Å². The average molecular weight is 329 g/mol.